The SMILES string of the molecule is Cn1cc([C@@H]2OCCC[C@H]2CNc2ncccc2C#N)cn1. The highest BCUT2D eigenvalue weighted by Gasteiger charge is 2.28. The molecule has 2 atom stereocenters. The van der Waals surface area contributed by atoms with Crippen LogP contribution in [0.25, 0.3) is 0 Å². The maximum absolute atomic E-state index is 9.12. The van der Waals surface area contributed by atoms with Gasteiger partial charge in [-0.25, -0.2) is 4.98 Å². The fourth-order valence-corrected chi connectivity index (χ4v) is 2.87. The summed E-state index contributed by atoms with van der Waals surface area (Å²) in [6.07, 6.45) is 7.75. The van der Waals surface area contributed by atoms with Crippen LogP contribution in [0.5, 0.6) is 0 Å². The number of hydrogen-bond acceptors (Lipinski definition) is 5. The molecule has 1 aliphatic heterocycles. The lowest BCUT2D eigenvalue weighted by atomic mass is 9.91. The minimum absolute atomic E-state index is 0.0456. The number of pyridine rings is 1. The van der Waals surface area contributed by atoms with Crippen LogP contribution in [0.2, 0.25) is 0 Å². The summed E-state index contributed by atoms with van der Waals surface area (Å²) in [7, 11) is 1.91. The molecule has 6 heteroatoms. The van der Waals surface area contributed by atoms with Crippen LogP contribution in [0.4, 0.5) is 5.82 Å². The molecule has 1 saturated heterocycles. The number of nitrogens with zero attached hydrogens (tertiary/aromatic N) is 4. The molecule has 0 bridgehead atoms. The van der Waals surface area contributed by atoms with Crippen molar-refractivity contribution in [3.8, 4) is 6.07 Å². The molecule has 2 aromatic heterocycles. The minimum Gasteiger partial charge on any atom is -0.373 e. The summed E-state index contributed by atoms with van der Waals surface area (Å²) >= 11 is 0. The van der Waals surface area contributed by atoms with Crippen molar-refractivity contribution in [3.63, 3.8) is 0 Å². The van der Waals surface area contributed by atoms with Gasteiger partial charge in [0.15, 0.2) is 0 Å². The molecule has 114 valence electrons. The Bertz CT molecular complexity index is 675. The van der Waals surface area contributed by atoms with Gasteiger partial charge in [0.2, 0.25) is 0 Å². The molecular formula is C16H19N5O. The molecule has 0 unspecified atom stereocenters. The molecule has 0 radical (unpaired) electrons. The van der Waals surface area contributed by atoms with Gasteiger partial charge in [-0.15, -0.1) is 0 Å². The second-order valence-electron chi connectivity index (χ2n) is 5.53. The first-order chi connectivity index (χ1) is 10.8. The monoisotopic (exact) mass is 297 g/mol. The molecule has 1 fully saturated rings. The Balaban J connectivity index is 1.71. The van der Waals surface area contributed by atoms with Crippen molar-refractivity contribution >= 4 is 5.82 Å². The first-order valence-corrected chi connectivity index (χ1v) is 7.47. The third kappa shape index (κ3) is 3.10. The number of aryl methyl sites for hydroxylation is 1. The summed E-state index contributed by atoms with van der Waals surface area (Å²) in [5.41, 5.74) is 1.67. The van der Waals surface area contributed by atoms with Gasteiger partial charge in [-0.3, -0.25) is 4.68 Å². The maximum Gasteiger partial charge on any atom is 0.143 e. The Labute approximate surface area is 129 Å². The number of nitriles is 1. The van der Waals surface area contributed by atoms with Gasteiger partial charge >= 0.3 is 0 Å². The topological polar surface area (TPSA) is 75.8 Å². The second kappa shape index (κ2) is 6.58. The molecule has 3 heterocycles. The predicted molar refractivity (Wildman–Crippen MR) is 82.1 cm³/mol. The number of anilines is 1. The fraction of sp³-hybridized carbons (Fsp3) is 0.438. The van der Waals surface area contributed by atoms with Crippen molar-refractivity contribution in [2.75, 3.05) is 18.5 Å². The summed E-state index contributed by atoms with van der Waals surface area (Å²) in [6, 6.07) is 5.70. The Morgan fingerprint density at radius 3 is 3.23 bits per heavy atom. The van der Waals surface area contributed by atoms with Gasteiger partial charge in [-0.1, -0.05) is 0 Å². The van der Waals surface area contributed by atoms with E-state index in [1.54, 1.807) is 23.0 Å². The van der Waals surface area contributed by atoms with Crippen LogP contribution < -0.4 is 5.32 Å². The molecule has 1 aliphatic rings. The zero-order chi connectivity index (χ0) is 15.4. The summed E-state index contributed by atoms with van der Waals surface area (Å²) in [6.45, 7) is 1.51. The Hall–Kier alpha value is -2.39. The van der Waals surface area contributed by atoms with Crippen LogP contribution in [0.15, 0.2) is 30.7 Å². The van der Waals surface area contributed by atoms with E-state index in [2.05, 4.69) is 21.5 Å². The van der Waals surface area contributed by atoms with E-state index >= 15 is 0 Å². The molecule has 0 spiro atoms. The average molecular weight is 297 g/mol. The van der Waals surface area contributed by atoms with Crippen LogP contribution in [0.1, 0.15) is 30.1 Å². The standard InChI is InChI=1S/C16H19N5O/c1-21-11-14(10-20-21)15-13(5-3-7-22-15)9-19-16-12(8-17)4-2-6-18-16/h2,4,6,10-11,13,15H,3,5,7,9H2,1H3,(H,18,19)/t13-,15+/m0/s1. The van der Waals surface area contributed by atoms with Gasteiger partial charge in [0.1, 0.15) is 11.9 Å². The third-order valence-corrected chi connectivity index (χ3v) is 3.96. The van der Waals surface area contributed by atoms with E-state index in [1.807, 2.05) is 19.4 Å². The number of aromatic nitrogens is 3. The zero-order valence-corrected chi connectivity index (χ0v) is 12.6. The highest BCUT2D eigenvalue weighted by atomic mass is 16.5. The van der Waals surface area contributed by atoms with E-state index in [4.69, 9.17) is 10.00 Å². The fourth-order valence-electron chi connectivity index (χ4n) is 2.87. The molecule has 1 N–H and O–H groups in total. The molecule has 0 saturated carbocycles. The highest BCUT2D eigenvalue weighted by molar-refractivity contribution is 5.51. The quantitative estimate of drug-likeness (QED) is 0.937. The second-order valence-corrected chi connectivity index (χ2v) is 5.53. The molecule has 0 aromatic carbocycles. The number of hydrogen-bond donors (Lipinski definition) is 1. The molecule has 3 rings (SSSR count). The van der Waals surface area contributed by atoms with Crippen molar-refractivity contribution in [2.45, 2.75) is 18.9 Å². The van der Waals surface area contributed by atoms with E-state index < -0.39 is 0 Å². The molecule has 6 nitrogen and oxygen atoms in total. The summed E-state index contributed by atoms with van der Waals surface area (Å²) in [5, 5.41) is 16.7. The zero-order valence-electron chi connectivity index (χ0n) is 12.6. The summed E-state index contributed by atoms with van der Waals surface area (Å²) in [4.78, 5) is 4.24. The van der Waals surface area contributed by atoms with Crippen molar-refractivity contribution in [1.82, 2.24) is 14.8 Å². The van der Waals surface area contributed by atoms with E-state index in [1.165, 1.54) is 0 Å². The van der Waals surface area contributed by atoms with Gasteiger partial charge in [-0.2, -0.15) is 10.4 Å². The molecule has 0 amide bonds. The lowest BCUT2D eigenvalue weighted by molar-refractivity contribution is -0.0239. The van der Waals surface area contributed by atoms with Gasteiger partial charge in [0.25, 0.3) is 0 Å². The number of ether oxygens (including phenoxy) is 1. The highest BCUT2D eigenvalue weighted by Crippen LogP contribution is 2.33. The Morgan fingerprint density at radius 1 is 1.55 bits per heavy atom. The first-order valence-electron chi connectivity index (χ1n) is 7.47. The summed E-state index contributed by atoms with van der Waals surface area (Å²) in [5.74, 6) is 0.979. The third-order valence-electron chi connectivity index (χ3n) is 3.96. The van der Waals surface area contributed by atoms with Crippen LogP contribution in [0.3, 0.4) is 0 Å². The van der Waals surface area contributed by atoms with E-state index in [-0.39, 0.29) is 6.10 Å². The number of rotatable bonds is 4. The van der Waals surface area contributed by atoms with Gasteiger partial charge in [-0.05, 0) is 25.0 Å². The van der Waals surface area contributed by atoms with E-state index in [9.17, 15) is 0 Å². The molecule has 22 heavy (non-hydrogen) atoms. The predicted octanol–water partition coefficient (Wildman–Crippen LogP) is 2.27. The van der Waals surface area contributed by atoms with Crippen LogP contribution in [0, 0.1) is 17.2 Å². The van der Waals surface area contributed by atoms with Crippen LogP contribution in [-0.2, 0) is 11.8 Å². The largest absolute Gasteiger partial charge is 0.373 e. The van der Waals surface area contributed by atoms with Crippen LogP contribution in [-0.4, -0.2) is 27.9 Å². The minimum atomic E-state index is 0.0456. The molecule has 0 aliphatic carbocycles. The van der Waals surface area contributed by atoms with Crippen molar-refractivity contribution in [1.29, 1.82) is 5.26 Å². The van der Waals surface area contributed by atoms with E-state index in [0.29, 0.717) is 17.3 Å². The van der Waals surface area contributed by atoms with Gasteiger partial charge < -0.3 is 10.1 Å². The smallest absolute Gasteiger partial charge is 0.143 e. The first kappa shape index (κ1) is 14.5. The average Bonchev–Trinajstić information content (AvgIpc) is 3.00. The molecule has 2 aromatic rings. The van der Waals surface area contributed by atoms with Gasteiger partial charge in [0, 0.05) is 44.1 Å². The molecular weight excluding hydrogens is 278 g/mol. The lowest BCUT2D eigenvalue weighted by Gasteiger charge is -2.31. The van der Waals surface area contributed by atoms with Gasteiger partial charge in [0.05, 0.1) is 17.9 Å². The summed E-state index contributed by atoms with van der Waals surface area (Å²) < 4.78 is 7.75. The Morgan fingerprint density at radius 2 is 2.45 bits per heavy atom. The van der Waals surface area contributed by atoms with Crippen LogP contribution >= 0.6 is 0 Å². The van der Waals surface area contributed by atoms with Crippen molar-refractivity contribution in [3.05, 3.63) is 41.9 Å². The van der Waals surface area contributed by atoms with Crippen molar-refractivity contribution < 1.29 is 4.74 Å². The number of nitrogens with one attached hydrogen (secondary N) is 1. The normalized spacial score (nSPS) is 21.3. The van der Waals surface area contributed by atoms with E-state index in [0.717, 1.165) is 31.6 Å². The Kier molecular flexibility index (Phi) is 4.35. The lowest BCUT2D eigenvalue weighted by Crippen LogP contribution is -2.28. The maximum atomic E-state index is 9.12. The van der Waals surface area contributed by atoms with Crippen molar-refractivity contribution in [2.24, 2.45) is 13.0 Å².